The normalized spacial score (nSPS) is 45.8. The first-order valence-electron chi connectivity index (χ1n) is 4.74. The van der Waals surface area contributed by atoms with Gasteiger partial charge >= 0.3 is 0 Å². The van der Waals surface area contributed by atoms with Crippen molar-refractivity contribution in [1.29, 1.82) is 0 Å². The lowest BCUT2D eigenvalue weighted by atomic mass is 9.81. The summed E-state index contributed by atoms with van der Waals surface area (Å²) >= 11 is 0. The Morgan fingerprint density at radius 3 is 2.18 bits per heavy atom. The maximum absolute atomic E-state index is 6.27. The van der Waals surface area contributed by atoms with Gasteiger partial charge in [0.05, 0.1) is 5.66 Å². The molecule has 11 heavy (non-hydrogen) atoms. The molecule has 2 aliphatic rings. The Bertz CT molecular complexity index is 146. The molecule has 0 atom stereocenters. The molecule has 2 heterocycles. The molecule has 2 N–H and O–H groups in total. The van der Waals surface area contributed by atoms with Gasteiger partial charge < -0.3 is 5.73 Å². The van der Waals surface area contributed by atoms with Crippen molar-refractivity contribution in [2.75, 3.05) is 7.05 Å². The summed E-state index contributed by atoms with van der Waals surface area (Å²) in [6, 6.07) is 0.794. The van der Waals surface area contributed by atoms with Gasteiger partial charge in [0.2, 0.25) is 0 Å². The minimum atomic E-state index is 0.0706. The molecular formula is C9H18N2. The molecule has 2 bridgehead atoms. The van der Waals surface area contributed by atoms with Crippen LogP contribution < -0.4 is 5.73 Å². The van der Waals surface area contributed by atoms with Crippen LogP contribution in [0.4, 0.5) is 0 Å². The molecule has 2 aliphatic heterocycles. The molecule has 2 saturated heterocycles. The average Bonchev–Trinajstić information content (AvgIpc) is 1.93. The number of nitrogens with zero attached hydrogens (tertiary/aromatic N) is 1. The van der Waals surface area contributed by atoms with Gasteiger partial charge in [0, 0.05) is 6.04 Å². The highest BCUT2D eigenvalue weighted by Crippen LogP contribution is 2.36. The van der Waals surface area contributed by atoms with Gasteiger partial charge in [-0.05, 0) is 45.6 Å². The standard InChI is InChI=1S/C9H18N2/c1-11-8-4-2-6-9(11,10)7-3-5-8/h8H,2-7,10H2,1H3. The van der Waals surface area contributed by atoms with E-state index in [4.69, 9.17) is 5.73 Å². The van der Waals surface area contributed by atoms with E-state index in [-0.39, 0.29) is 5.66 Å². The molecule has 64 valence electrons. The molecule has 2 rings (SSSR count). The van der Waals surface area contributed by atoms with Crippen LogP contribution in [0.25, 0.3) is 0 Å². The van der Waals surface area contributed by atoms with Crippen molar-refractivity contribution in [3.63, 3.8) is 0 Å². The smallest absolute Gasteiger partial charge is 0.0687 e. The Hall–Kier alpha value is -0.0800. The number of fused-ring (bicyclic) bond motifs is 2. The Labute approximate surface area is 68.7 Å². The first-order valence-corrected chi connectivity index (χ1v) is 4.74. The molecule has 2 nitrogen and oxygen atoms in total. The van der Waals surface area contributed by atoms with Crippen LogP contribution in [0.1, 0.15) is 38.5 Å². The highest BCUT2D eigenvalue weighted by Gasteiger charge is 2.40. The predicted octanol–water partition coefficient (Wildman–Crippen LogP) is 1.31. The van der Waals surface area contributed by atoms with E-state index in [1.807, 2.05) is 0 Å². The molecule has 2 heteroatoms. The van der Waals surface area contributed by atoms with Crippen LogP contribution in [0.5, 0.6) is 0 Å². The highest BCUT2D eigenvalue weighted by molar-refractivity contribution is 4.95. The lowest BCUT2D eigenvalue weighted by Gasteiger charge is -2.51. The van der Waals surface area contributed by atoms with Crippen molar-refractivity contribution in [2.24, 2.45) is 5.73 Å². The number of hydrogen-bond donors (Lipinski definition) is 1. The first-order chi connectivity index (χ1) is 5.22. The van der Waals surface area contributed by atoms with Crippen molar-refractivity contribution in [3.8, 4) is 0 Å². The van der Waals surface area contributed by atoms with Crippen molar-refractivity contribution >= 4 is 0 Å². The number of hydrogen-bond acceptors (Lipinski definition) is 2. The van der Waals surface area contributed by atoms with Gasteiger partial charge in [-0.1, -0.05) is 0 Å². The van der Waals surface area contributed by atoms with Crippen molar-refractivity contribution in [2.45, 2.75) is 50.2 Å². The lowest BCUT2D eigenvalue weighted by Crippen LogP contribution is -2.62. The fourth-order valence-electron chi connectivity index (χ4n) is 2.66. The van der Waals surface area contributed by atoms with E-state index in [1.165, 1.54) is 38.5 Å². The number of nitrogens with two attached hydrogens (primary N) is 1. The van der Waals surface area contributed by atoms with Crippen LogP contribution in [-0.4, -0.2) is 23.7 Å². The second-order valence-corrected chi connectivity index (χ2v) is 4.15. The molecule has 0 saturated carbocycles. The Balaban J connectivity index is 2.17. The molecule has 2 fully saturated rings. The van der Waals surface area contributed by atoms with Gasteiger partial charge in [-0.3, -0.25) is 4.90 Å². The van der Waals surface area contributed by atoms with Gasteiger partial charge in [-0.25, -0.2) is 0 Å². The van der Waals surface area contributed by atoms with E-state index in [2.05, 4.69) is 11.9 Å². The average molecular weight is 154 g/mol. The molecule has 0 aromatic carbocycles. The highest BCUT2D eigenvalue weighted by atomic mass is 15.3. The van der Waals surface area contributed by atoms with E-state index < -0.39 is 0 Å². The summed E-state index contributed by atoms with van der Waals surface area (Å²) in [4.78, 5) is 2.42. The Kier molecular flexibility index (Phi) is 1.69. The molecule has 0 amide bonds. The van der Waals surface area contributed by atoms with E-state index in [1.54, 1.807) is 0 Å². The molecule has 0 unspecified atom stereocenters. The van der Waals surface area contributed by atoms with E-state index in [9.17, 15) is 0 Å². The minimum absolute atomic E-state index is 0.0706. The maximum atomic E-state index is 6.27. The van der Waals surface area contributed by atoms with Crippen molar-refractivity contribution < 1.29 is 0 Å². The third-order valence-corrected chi connectivity index (χ3v) is 3.54. The molecule has 0 radical (unpaired) electrons. The summed E-state index contributed by atoms with van der Waals surface area (Å²) in [6.45, 7) is 0. The van der Waals surface area contributed by atoms with E-state index >= 15 is 0 Å². The lowest BCUT2D eigenvalue weighted by molar-refractivity contribution is -0.0140. The van der Waals surface area contributed by atoms with Crippen LogP contribution in [0.15, 0.2) is 0 Å². The Morgan fingerprint density at radius 1 is 1.27 bits per heavy atom. The zero-order valence-corrected chi connectivity index (χ0v) is 7.34. The van der Waals surface area contributed by atoms with Gasteiger partial charge in [0.15, 0.2) is 0 Å². The van der Waals surface area contributed by atoms with Gasteiger partial charge in [-0.15, -0.1) is 0 Å². The second kappa shape index (κ2) is 2.46. The monoisotopic (exact) mass is 154 g/mol. The quantitative estimate of drug-likeness (QED) is 0.570. The topological polar surface area (TPSA) is 29.3 Å². The SMILES string of the molecule is CN1C2CCCC1(N)CCC2. The summed E-state index contributed by atoms with van der Waals surface area (Å²) in [5, 5.41) is 0. The zero-order valence-electron chi connectivity index (χ0n) is 7.34. The summed E-state index contributed by atoms with van der Waals surface area (Å²) in [5.41, 5.74) is 6.34. The van der Waals surface area contributed by atoms with E-state index in [0.717, 1.165) is 6.04 Å². The first kappa shape index (κ1) is 7.56. The molecular weight excluding hydrogens is 136 g/mol. The van der Waals surface area contributed by atoms with Crippen molar-refractivity contribution in [1.82, 2.24) is 4.90 Å². The second-order valence-electron chi connectivity index (χ2n) is 4.15. The van der Waals surface area contributed by atoms with Crippen LogP contribution in [0.3, 0.4) is 0 Å². The summed E-state index contributed by atoms with van der Waals surface area (Å²) in [5.74, 6) is 0. The fourth-order valence-corrected chi connectivity index (χ4v) is 2.66. The van der Waals surface area contributed by atoms with Crippen molar-refractivity contribution in [3.05, 3.63) is 0 Å². The van der Waals surface area contributed by atoms with Crippen LogP contribution in [-0.2, 0) is 0 Å². The number of rotatable bonds is 0. The van der Waals surface area contributed by atoms with Crippen LogP contribution in [0.2, 0.25) is 0 Å². The van der Waals surface area contributed by atoms with E-state index in [0.29, 0.717) is 0 Å². The number of piperidine rings is 2. The fraction of sp³-hybridized carbons (Fsp3) is 1.00. The van der Waals surface area contributed by atoms with Gasteiger partial charge in [0.25, 0.3) is 0 Å². The van der Waals surface area contributed by atoms with Gasteiger partial charge in [-0.2, -0.15) is 0 Å². The van der Waals surface area contributed by atoms with Crippen LogP contribution in [0, 0.1) is 0 Å². The zero-order chi connectivity index (χ0) is 7.90. The summed E-state index contributed by atoms with van der Waals surface area (Å²) < 4.78 is 0. The molecule has 0 spiro atoms. The van der Waals surface area contributed by atoms with Gasteiger partial charge in [0.1, 0.15) is 0 Å². The van der Waals surface area contributed by atoms with Crippen LogP contribution >= 0.6 is 0 Å². The maximum Gasteiger partial charge on any atom is 0.0687 e. The largest absolute Gasteiger partial charge is 0.313 e. The Morgan fingerprint density at radius 2 is 1.82 bits per heavy atom. The molecule has 0 aromatic heterocycles. The third-order valence-electron chi connectivity index (χ3n) is 3.54. The molecule has 0 aromatic rings. The predicted molar refractivity (Wildman–Crippen MR) is 46.2 cm³/mol. The third kappa shape index (κ3) is 1.09. The minimum Gasteiger partial charge on any atom is -0.313 e. The summed E-state index contributed by atoms with van der Waals surface area (Å²) in [6.07, 6.45) is 7.84. The summed E-state index contributed by atoms with van der Waals surface area (Å²) in [7, 11) is 2.20. The molecule has 0 aliphatic carbocycles.